The molecule has 0 heterocycles. The van der Waals surface area contributed by atoms with Crippen molar-refractivity contribution in [2.45, 2.75) is 13.8 Å². The van der Waals surface area contributed by atoms with Crippen molar-refractivity contribution in [2.24, 2.45) is 0 Å². The largest absolute Gasteiger partial charge is 0.348 e. The molecule has 0 aromatic heterocycles. The molecule has 0 aliphatic heterocycles. The van der Waals surface area contributed by atoms with Crippen LogP contribution in [0.4, 0.5) is 5.69 Å². The highest BCUT2D eigenvalue weighted by atomic mass is 15.1. The lowest BCUT2D eigenvalue weighted by Gasteiger charge is -2.20. The van der Waals surface area contributed by atoms with Crippen LogP contribution in [0.15, 0.2) is 73.0 Å². The van der Waals surface area contributed by atoms with Crippen molar-refractivity contribution >= 4 is 5.69 Å². The van der Waals surface area contributed by atoms with E-state index in [1.807, 2.05) is 12.2 Å². The third kappa shape index (κ3) is 3.18. The van der Waals surface area contributed by atoms with Gasteiger partial charge >= 0.3 is 0 Å². The zero-order valence-electron chi connectivity index (χ0n) is 12.4. The van der Waals surface area contributed by atoms with Crippen LogP contribution in [0.3, 0.4) is 0 Å². The predicted molar refractivity (Wildman–Crippen MR) is 89.0 cm³/mol. The summed E-state index contributed by atoms with van der Waals surface area (Å²) in [4.78, 5) is 2.15. The van der Waals surface area contributed by atoms with E-state index in [2.05, 4.69) is 80.9 Å². The number of benzene rings is 2. The molecule has 0 unspecified atom stereocenters. The second-order valence-electron chi connectivity index (χ2n) is 5.02. The summed E-state index contributed by atoms with van der Waals surface area (Å²) in [5.41, 5.74) is 6.13. The van der Waals surface area contributed by atoms with Gasteiger partial charge < -0.3 is 4.90 Å². The number of hydrogen-bond acceptors (Lipinski definition) is 1. The van der Waals surface area contributed by atoms with Gasteiger partial charge in [-0.1, -0.05) is 54.6 Å². The van der Waals surface area contributed by atoms with E-state index >= 15 is 0 Å². The summed E-state index contributed by atoms with van der Waals surface area (Å²) in [6, 6.07) is 17.2. The van der Waals surface area contributed by atoms with Crippen molar-refractivity contribution in [1.82, 2.24) is 0 Å². The Morgan fingerprint density at radius 1 is 0.950 bits per heavy atom. The molecule has 0 radical (unpaired) electrons. The lowest BCUT2D eigenvalue weighted by Crippen LogP contribution is -2.13. The van der Waals surface area contributed by atoms with Crippen LogP contribution in [0.5, 0.6) is 0 Å². The first kappa shape index (κ1) is 14.1. The first-order valence-corrected chi connectivity index (χ1v) is 6.82. The molecule has 0 saturated carbocycles. The molecule has 0 atom stereocenters. The average molecular weight is 263 g/mol. The lowest BCUT2D eigenvalue weighted by atomic mass is 10.0. The third-order valence-electron chi connectivity index (χ3n) is 3.53. The van der Waals surface area contributed by atoms with E-state index in [4.69, 9.17) is 0 Å². The van der Waals surface area contributed by atoms with E-state index in [1.165, 1.54) is 28.1 Å². The van der Waals surface area contributed by atoms with Gasteiger partial charge in [0.05, 0.1) is 0 Å². The van der Waals surface area contributed by atoms with Crippen molar-refractivity contribution in [3.63, 3.8) is 0 Å². The molecule has 2 rings (SSSR count). The number of nitrogens with zero attached hydrogens (tertiary/aromatic N) is 1. The molecule has 0 spiro atoms. The summed E-state index contributed by atoms with van der Waals surface area (Å²) >= 11 is 0. The molecule has 0 bridgehead atoms. The molecule has 20 heavy (non-hydrogen) atoms. The number of rotatable bonds is 4. The van der Waals surface area contributed by atoms with Crippen LogP contribution in [-0.4, -0.2) is 7.05 Å². The molecule has 0 amide bonds. The van der Waals surface area contributed by atoms with Gasteiger partial charge in [-0.25, -0.2) is 0 Å². The summed E-state index contributed by atoms with van der Waals surface area (Å²) < 4.78 is 0. The van der Waals surface area contributed by atoms with Crippen molar-refractivity contribution < 1.29 is 0 Å². The summed E-state index contributed by atoms with van der Waals surface area (Å²) in [6.45, 7) is 7.92. The average Bonchev–Trinajstić information content (AvgIpc) is 2.48. The van der Waals surface area contributed by atoms with E-state index in [0.29, 0.717) is 0 Å². The minimum atomic E-state index is 1.17. The minimum Gasteiger partial charge on any atom is -0.348 e. The van der Waals surface area contributed by atoms with Crippen LogP contribution >= 0.6 is 0 Å². The Labute approximate surface area is 121 Å². The van der Waals surface area contributed by atoms with Gasteiger partial charge in [-0.2, -0.15) is 0 Å². The van der Waals surface area contributed by atoms with E-state index in [9.17, 15) is 0 Å². The zero-order valence-corrected chi connectivity index (χ0v) is 12.4. The Morgan fingerprint density at radius 2 is 1.45 bits per heavy atom. The predicted octanol–water partition coefficient (Wildman–Crippen LogP) is 5.19. The van der Waals surface area contributed by atoms with Crippen LogP contribution in [0.1, 0.15) is 12.5 Å². The van der Waals surface area contributed by atoms with E-state index < -0.39 is 0 Å². The van der Waals surface area contributed by atoms with Crippen LogP contribution in [0.2, 0.25) is 0 Å². The highest BCUT2D eigenvalue weighted by molar-refractivity contribution is 5.67. The van der Waals surface area contributed by atoms with Gasteiger partial charge in [-0.05, 0) is 43.2 Å². The molecule has 1 nitrogen and oxygen atoms in total. The van der Waals surface area contributed by atoms with Gasteiger partial charge in [-0.3, -0.25) is 0 Å². The Morgan fingerprint density at radius 3 is 1.95 bits per heavy atom. The molecule has 0 N–H and O–H groups in total. The Kier molecular flexibility index (Phi) is 4.41. The second kappa shape index (κ2) is 6.25. The second-order valence-corrected chi connectivity index (χ2v) is 5.02. The monoisotopic (exact) mass is 263 g/mol. The summed E-state index contributed by atoms with van der Waals surface area (Å²) in [7, 11) is 2.07. The van der Waals surface area contributed by atoms with Crippen molar-refractivity contribution in [3.05, 3.63) is 78.5 Å². The minimum absolute atomic E-state index is 1.17. The first-order chi connectivity index (χ1) is 9.61. The Balaban J connectivity index is 2.24. The molecule has 0 aliphatic rings. The topological polar surface area (TPSA) is 3.24 Å². The number of hydrogen-bond donors (Lipinski definition) is 0. The van der Waals surface area contributed by atoms with Gasteiger partial charge in [0.2, 0.25) is 0 Å². The fourth-order valence-electron chi connectivity index (χ4n) is 2.11. The SMILES string of the molecule is C=C/C=C(\C)N(C)c1ccc(-c2ccc(C)cc2)cc1. The third-order valence-corrected chi connectivity index (χ3v) is 3.53. The van der Waals surface area contributed by atoms with E-state index in [0.717, 1.165) is 0 Å². The van der Waals surface area contributed by atoms with E-state index in [1.54, 1.807) is 0 Å². The fourth-order valence-corrected chi connectivity index (χ4v) is 2.11. The van der Waals surface area contributed by atoms with Crippen molar-refractivity contribution in [1.29, 1.82) is 0 Å². The smallest absolute Gasteiger partial charge is 0.0405 e. The molecule has 1 heteroatoms. The molecule has 0 fully saturated rings. The number of aryl methyl sites for hydroxylation is 1. The standard InChI is InChI=1S/C19H21N/c1-5-6-16(3)20(4)19-13-11-18(12-14-19)17-9-7-15(2)8-10-17/h5-14H,1H2,2-4H3/b16-6+. The van der Waals surface area contributed by atoms with E-state index in [-0.39, 0.29) is 0 Å². The van der Waals surface area contributed by atoms with Gasteiger partial charge in [0.25, 0.3) is 0 Å². The van der Waals surface area contributed by atoms with Crippen LogP contribution in [0.25, 0.3) is 11.1 Å². The molecule has 2 aromatic carbocycles. The lowest BCUT2D eigenvalue weighted by molar-refractivity contribution is 1.09. The molecule has 2 aromatic rings. The normalized spacial score (nSPS) is 11.2. The summed E-state index contributed by atoms with van der Waals surface area (Å²) in [5, 5.41) is 0. The van der Waals surface area contributed by atoms with Gasteiger partial charge in [0, 0.05) is 18.4 Å². The van der Waals surface area contributed by atoms with Gasteiger partial charge in [-0.15, -0.1) is 0 Å². The van der Waals surface area contributed by atoms with Crippen molar-refractivity contribution in [2.75, 3.05) is 11.9 Å². The van der Waals surface area contributed by atoms with Crippen molar-refractivity contribution in [3.8, 4) is 11.1 Å². The summed E-state index contributed by atoms with van der Waals surface area (Å²) in [5.74, 6) is 0. The Hall–Kier alpha value is -2.28. The van der Waals surface area contributed by atoms with Crippen LogP contribution < -0.4 is 4.90 Å². The Bertz CT molecular complexity index is 603. The quantitative estimate of drug-likeness (QED) is 0.686. The number of anilines is 1. The highest BCUT2D eigenvalue weighted by Crippen LogP contribution is 2.24. The molecular weight excluding hydrogens is 242 g/mol. The molecule has 0 saturated heterocycles. The number of allylic oxidation sites excluding steroid dienone is 3. The zero-order chi connectivity index (χ0) is 14.5. The first-order valence-electron chi connectivity index (χ1n) is 6.82. The molecular formula is C19H21N. The summed E-state index contributed by atoms with van der Waals surface area (Å²) in [6.07, 6.45) is 3.82. The van der Waals surface area contributed by atoms with Gasteiger partial charge in [0.15, 0.2) is 0 Å². The molecule has 102 valence electrons. The maximum atomic E-state index is 3.73. The maximum Gasteiger partial charge on any atom is 0.0405 e. The van der Waals surface area contributed by atoms with Crippen LogP contribution in [0, 0.1) is 6.92 Å². The highest BCUT2D eigenvalue weighted by Gasteiger charge is 2.03. The maximum absolute atomic E-state index is 3.73. The van der Waals surface area contributed by atoms with Gasteiger partial charge in [0.1, 0.15) is 0 Å². The van der Waals surface area contributed by atoms with Crippen LogP contribution in [-0.2, 0) is 0 Å². The fraction of sp³-hybridized carbons (Fsp3) is 0.158. The molecule has 0 aliphatic carbocycles.